The van der Waals surface area contributed by atoms with E-state index in [0.29, 0.717) is 12.2 Å². The third-order valence-corrected chi connectivity index (χ3v) is 5.44. The number of carbonyl (C=O) groups is 1. The molecule has 11 nitrogen and oxygen atoms in total. The third-order valence-electron chi connectivity index (χ3n) is 5.44. The predicted molar refractivity (Wildman–Crippen MR) is 114 cm³/mol. The highest BCUT2D eigenvalue weighted by atomic mass is 16.6. The van der Waals surface area contributed by atoms with Gasteiger partial charge in [0.25, 0.3) is 0 Å². The van der Waals surface area contributed by atoms with Crippen LogP contribution in [0, 0.1) is 17.0 Å². The second-order valence-electron chi connectivity index (χ2n) is 7.91. The molecule has 0 bridgehead atoms. The van der Waals surface area contributed by atoms with E-state index in [1.165, 1.54) is 35.6 Å². The van der Waals surface area contributed by atoms with Crippen molar-refractivity contribution in [2.24, 2.45) is 0 Å². The van der Waals surface area contributed by atoms with Gasteiger partial charge in [-0.1, -0.05) is 35.8 Å². The van der Waals surface area contributed by atoms with Crippen molar-refractivity contribution in [3.63, 3.8) is 0 Å². The zero-order valence-electron chi connectivity index (χ0n) is 17.9. The number of rotatable bonds is 8. The number of aryl methyl sites for hydroxylation is 1. The molecule has 3 aromatic rings. The van der Waals surface area contributed by atoms with E-state index >= 15 is 0 Å². The molecule has 1 aliphatic heterocycles. The average molecular weight is 439 g/mol. The number of amides is 1. The van der Waals surface area contributed by atoms with Crippen molar-refractivity contribution in [3.05, 3.63) is 69.0 Å². The number of nitrogens with zero attached hydrogens (tertiary/aromatic N) is 6. The van der Waals surface area contributed by atoms with Crippen LogP contribution < -0.4 is 5.32 Å². The Bertz CT molecular complexity index is 1080. The largest absolute Gasteiger partial charge is 0.390 e. The SMILES string of the molecule is Cc1cc([N+](=O)[O-])nn1Cc1noc(C(=O)NCc2ccc(CN3CCCCC3)cc2)n1. The van der Waals surface area contributed by atoms with Crippen LogP contribution in [0.1, 0.15) is 52.6 Å². The van der Waals surface area contributed by atoms with Gasteiger partial charge in [0.15, 0.2) is 5.82 Å². The predicted octanol–water partition coefficient (Wildman–Crippen LogP) is 2.45. The molecule has 0 radical (unpaired) electrons. The summed E-state index contributed by atoms with van der Waals surface area (Å²) in [6.07, 6.45) is 3.86. The molecule has 0 aliphatic carbocycles. The van der Waals surface area contributed by atoms with Crippen LogP contribution in [0.2, 0.25) is 0 Å². The molecule has 0 saturated carbocycles. The minimum Gasteiger partial charge on any atom is -0.358 e. The van der Waals surface area contributed by atoms with Crippen LogP contribution in [0.5, 0.6) is 0 Å². The fraction of sp³-hybridized carbons (Fsp3) is 0.429. The number of nitro groups is 1. The summed E-state index contributed by atoms with van der Waals surface area (Å²) in [5.41, 5.74) is 2.81. The highest BCUT2D eigenvalue weighted by Crippen LogP contribution is 2.14. The van der Waals surface area contributed by atoms with Gasteiger partial charge in [0.05, 0.1) is 16.9 Å². The van der Waals surface area contributed by atoms with Gasteiger partial charge in [0, 0.05) is 13.1 Å². The molecule has 1 aliphatic rings. The molecule has 3 heterocycles. The van der Waals surface area contributed by atoms with Gasteiger partial charge in [0.1, 0.15) is 6.54 Å². The van der Waals surface area contributed by atoms with E-state index < -0.39 is 10.8 Å². The molecule has 0 spiro atoms. The molecule has 11 heteroatoms. The summed E-state index contributed by atoms with van der Waals surface area (Å²) in [7, 11) is 0. The summed E-state index contributed by atoms with van der Waals surface area (Å²) < 4.78 is 6.42. The monoisotopic (exact) mass is 439 g/mol. The van der Waals surface area contributed by atoms with Crippen LogP contribution >= 0.6 is 0 Å². The first kappa shape index (κ1) is 21.6. The summed E-state index contributed by atoms with van der Waals surface area (Å²) in [6.45, 7) is 5.35. The lowest BCUT2D eigenvalue weighted by atomic mass is 10.1. The van der Waals surface area contributed by atoms with Crippen LogP contribution in [0.15, 0.2) is 34.9 Å². The minimum atomic E-state index is -0.571. The van der Waals surface area contributed by atoms with Crippen molar-refractivity contribution >= 4 is 11.7 Å². The van der Waals surface area contributed by atoms with Gasteiger partial charge in [-0.25, -0.2) is 0 Å². The standard InChI is InChI=1S/C21H25N7O4/c1-15-11-19(28(30)31)24-27(15)14-18-23-21(32-25-18)20(29)22-12-16-5-7-17(8-6-16)13-26-9-3-2-4-10-26/h5-8,11H,2-4,9-10,12-14H2,1H3,(H,22,29). The molecule has 0 unspecified atom stereocenters. The first-order valence-electron chi connectivity index (χ1n) is 10.6. The van der Waals surface area contributed by atoms with Gasteiger partial charge in [0.2, 0.25) is 0 Å². The van der Waals surface area contributed by atoms with Crippen LogP contribution in [-0.4, -0.2) is 48.7 Å². The van der Waals surface area contributed by atoms with E-state index in [2.05, 4.69) is 37.6 Å². The van der Waals surface area contributed by atoms with Gasteiger partial charge in [-0.3, -0.25) is 9.69 Å². The van der Waals surface area contributed by atoms with E-state index in [0.717, 1.165) is 25.2 Å². The van der Waals surface area contributed by atoms with E-state index in [1.54, 1.807) is 6.92 Å². The molecule has 1 saturated heterocycles. The van der Waals surface area contributed by atoms with Crippen molar-refractivity contribution in [2.75, 3.05) is 13.1 Å². The van der Waals surface area contributed by atoms with Gasteiger partial charge in [-0.05, 0) is 48.9 Å². The molecule has 0 atom stereocenters. The van der Waals surface area contributed by atoms with E-state index in [9.17, 15) is 14.9 Å². The number of nitrogens with one attached hydrogen (secondary N) is 1. The van der Waals surface area contributed by atoms with Crippen LogP contribution in [0.3, 0.4) is 0 Å². The molecule has 1 amide bonds. The van der Waals surface area contributed by atoms with Crippen LogP contribution in [0.4, 0.5) is 5.82 Å². The van der Waals surface area contributed by atoms with Crippen molar-refractivity contribution in [1.29, 1.82) is 0 Å². The molecule has 1 N–H and O–H groups in total. The summed E-state index contributed by atoms with van der Waals surface area (Å²) >= 11 is 0. The Hall–Kier alpha value is -3.60. The van der Waals surface area contributed by atoms with Crippen molar-refractivity contribution in [1.82, 2.24) is 30.1 Å². The lowest BCUT2D eigenvalue weighted by molar-refractivity contribution is -0.389. The first-order chi connectivity index (χ1) is 15.5. The molecule has 168 valence electrons. The summed E-state index contributed by atoms with van der Waals surface area (Å²) in [4.78, 5) is 29.1. The Balaban J connectivity index is 1.29. The quantitative estimate of drug-likeness (QED) is 0.418. The van der Waals surface area contributed by atoms with E-state index in [-0.39, 0.29) is 24.1 Å². The Kier molecular flexibility index (Phi) is 6.55. The number of aromatic nitrogens is 4. The lowest BCUT2D eigenvalue weighted by Gasteiger charge is -2.26. The normalized spacial score (nSPS) is 14.4. The number of hydrogen-bond donors (Lipinski definition) is 1. The Morgan fingerprint density at radius 3 is 2.56 bits per heavy atom. The van der Waals surface area contributed by atoms with E-state index in [1.807, 2.05) is 12.1 Å². The Labute approximate surface area is 184 Å². The average Bonchev–Trinajstić information content (AvgIpc) is 3.41. The summed E-state index contributed by atoms with van der Waals surface area (Å²) in [5.74, 6) is -0.699. The van der Waals surface area contributed by atoms with Crippen LogP contribution in [-0.2, 0) is 19.6 Å². The number of hydrogen-bond acceptors (Lipinski definition) is 8. The molecular weight excluding hydrogens is 414 g/mol. The zero-order valence-corrected chi connectivity index (χ0v) is 17.9. The maximum Gasteiger partial charge on any atom is 0.390 e. The lowest BCUT2D eigenvalue weighted by Crippen LogP contribution is -2.29. The van der Waals surface area contributed by atoms with Gasteiger partial charge < -0.3 is 20.0 Å². The fourth-order valence-electron chi connectivity index (χ4n) is 3.68. The Morgan fingerprint density at radius 1 is 1.16 bits per heavy atom. The maximum atomic E-state index is 12.3. The fourth-order valence-corrected chi connectivity index (χ4v) is 3.68. The summed E-state index contributed by atoms with van der Waals surface area (Å²) in [5, 5.41) is 21.2. The molecule has 2 aromatic heterocycles. The van der Waals surface area contributed by atoms with Gasteiger partial charge in [-0.15, -0.1) is 0 Å². The van der Waals surface area contributed by atoms with Gasteiger partial charge in [-0.2, -0.15) is 9.67 Å². The topological polar surface area (TPSA) is 132 Å². The number of piperidine rings is 1. The van der Waals surface area contributed by atoms with Crippen molar-refractivity contribution in [3.8, 4) is 0 Å². The Morgan fingerprint density at radius 2 is 1.88 bits per heavy atom. The minimum absolute atomic E-state index is 0.0644. The molecular formula is C21H25N7O4. The number of benzene rings is 1. The molecule has 1 fully saturated rings. The molecule has 1 aromatic carbocycles. The number of likely N-dealkylation sites (tertiary alicyclic amines) is 1. The first-order valence-corrected chi connectivity index (χ1v) is 10.6. The molecule has 32 heavy (non-hydrogen) atoms. The summed E-state index contributed by atoms with van der Waals surface area (Å²) in [6, 6.07) is 9.54. The maximum absolute atomic E-state index is 12.3. The third kappa shape index (κ3) is 5.35. The van der Waals surface area contributed by atoms with E-state index in [4.69, 9.17) is 4.52 Å². The highest BCUT2D eigenvalue weighted by molar-refractivity contribution is 5.89. The molecule has 4 rings (SSSR count). The van der Waals surface area contributed by atoms with Gasteiger partial charge >= 0.3 is 17.6 Å². The van der Waals surface area contributed by atoms with Crippen molar-refractivity contribution < 1.29 is 14.2 Å². The van der Waals surface area contributed by atoms with Crippen molar-refractivity contribution in [2.45, 2.75) is 45.8 Å². The zero-order chi connectivity index (χ0) is 22.5. The number of carbonyl (C=O) groups excluding carboxylic acids is 1. The second kappa shape index (κ2) is 9.69. The van der Waals surface area contributed by atoms with Crippen LogP contribution in [0.25, 0.3) is 0 Å². The second-order valence-corrected chi connectivity index (χ2v) is 7.91. The smallest absolute Gasteiger partial charge is 0.358 e. The highest BCUT2D eigenvalue weighted by Gasteiger charge is 2.20.